The van der Waals surface area contributed by atoms with E-state index in [-0.39, 0.29) is 5.91 Å². The van der Waals surface area contributed by atoms with Crippen molar-refractivity contribution in [1.82, 2.24) is 14.8 Å². The minimum Gasteiger partial charge on any atom is -0.497 e. The molecule has 0 bridgehead atoms. The Kier molecular flexibility index (Phi) is 8.77. The highest BCUT2D eigenvalue weighted by Gasteiger charge is 2.14. The predicted molar refractivity (Wildman–Crippen MR) is 132 cm³/mol. The molecule has 3 rings (SSSR count). The Morgan fingerprint density at radius 1 is 1.00 bits per heavy atom. The second-order valence-corrected chi connectivity index (χ2v) is 8.06. The lowest BCUT2D eigenvalue weighted by atomic mass is 10.1. The van der Waals surface area contributed by atoms with Crippen molar-refractivity contribution in [3.63, 3.8) is 0 Å². The topological polar surface area (TPSA) is 46.5 Å². The highest BCUT2D eigenvalue weighted by Crippen LogP contribution is 2.29. The molecule has 170 valence electrons. The number of benzene rings is 2. The van der Waals surface area contributed by atoms with Gasteiger partial charge in [0.05, 0.1) is 12.8 Å². The van der Waals surface area contributed by atoms with Crippen molar-refractivity contribution in [1.29, 1.82) is 0 Å². The summed E-state index contributed by atoms with van der Waals surface area (Å²) < 4.78 is 7.51. The van der Waals surface area contributed by atoms with E-state index in [0.717, 1.165) is 48.0 Å². The fourth-order valence-corrected chi connectivity index (χ4v) is 3.91. The van der Waals surface area contributed by atoms with Gasteiger partial charge in [0.25, 0.3) is 0 Å². The number of carbonyl (C=O) groups excluding carboxylic acids is 1. The summed E-state index contributed by atoms with van der Waals surface area (Å²) in [4.78, 5) is 14.7. The number of likely N-dealkylation sites (N-methyl/N-ethyl adjacent to an activating group) is 1. The zero-order valence-corrected chi connectivity index (χ0v) is 19.9. The first kappa shape index (κ1) is 23.9. The van der Waals surface area contributed by atoms with E-state index in [0.29, 0.717) is 24.4 Å². The second-order valence-electron chi connectivity index (χ2n) is 7.63. The Labute approximate surface area is 196 Å². The Morgan fingerprint density at radius 2 is 1.69 bits per heavy atom. The lowest BCUT2D eigenvalue weighted by Crippen LogP contribution is -2.34. The van der Waals surface area contributed by atoms with Crippen molar-refractivity contribution in [3.8, 4) is 22.7 Å². The van der Waals surface area contributed by atoms with Gasteiger partial charge in [0.15, 0.2) is 0 Å². The van der Waals surface area contributed by atoms with Gasteiger partial charge in [-0.1, -0.05) is 37.6 Å². The average Bonchev–Trinajstić information content (AvgIpc) is 3.25. The van der Waals surface area contributed by atoms with Crippen LogP contribution in [0.4, 0.5) is 0 Å². The van der Waals surface area contributed by atoms with Crippen LogP contribution in [-0.4, -0.2) is 48.7 Å². The number of hydrogen-bond acceptors (Lipinski definition) is 3. The van der Waals surface area contributed by atoms with Gasteiger partial charge >= 0.3 is 0 Å². The SMILES string of the molecule is CCN(CC)CCNC(=O)CCc1ccc(-c2ccc(Cl)cc2)n1-c1ccc(OC)cc1. The van der Waals surface area contributed by atoms with Gasteiger partial charge in [-0.25, -0.2) is 0 Å². The number of carbonyl (C=O) groups is 1. The van der Waals surface area contributed by atoms with Crippen LogP contribution in [0.3, 0.4) is 0 Å². The highest BCUT2D eigenvalue weighted by molar-refractivity contribution is 6.30. The summed E-state index contributed by atoms with van der Waals surface area (Å²) >= 11 is 6.09. The molecule has 0 aliphatic carbocycles. The van der Waals surface area contributed by atoms with Crippen molar-refractivity contribution in [2.45, 2.75) is 26.7 Å². The molecule has 0 saturated heterocycles. The standard InChI is InChI=1S/C26H32ClN3O2/c1-4-29(5-2)19-18-28-26(31)17-13-23-12-16-25(20-6-8-21(27)9-7-20)30(23)22-10-14-24(32-3)15-11-22/h6-12,14-16H,4-5,13,17-19H2,1-3H3,(H,28,31). The molecule has 0 radical (unpaired) electrons. The highest BCUT2D eigenvalue weighted by atomic mass is 35.5. The van der Waals surface area contributed by atoms with Crippen LogP contribution in [-0.2, 0) is 11.2 Å². The third-order valence-corrected chi connectivity index (χ3v) is 5.94. The van der Waals surface area contributed by atoms with Gasteiger partial charge in [-0.05, 0) is 73.6 Å². The number of hydrogen-bond donors (Lipinski definition) is 1. The molecule has 5 nitrogen and oxygen atoms in total. The van der Waals surface area contributed by atoms with E-state index in [1.54, 1.807) is 7.11 Å². The summed E-state index contributed by atoms with van der Waals surface area (Å²) in [5.41, 5.74) is 4.24. The van der Waals surface area contributed by atoms with Crippen LogP contribution in [0.2, 0.25) is 5.02 Å². The number of aryl methyl sites for hydroxylation is 1. The zero-order valence-electron chi connectivity index (χ0n) is 19.1. The van der Waals surface area contributed by atoms with Crippen LogP contribution in [0.25, 0.3) is 16.9 Å². The summed E-state index contributed by atoms with van der Waals surface area (Å²) in [6.07, 6.45) is 1.09. The molecular weight excluding hydrogens is 422 g/mol. The molecule has 0 atom stereocenters. The van der Waals surface area contributed by atoms with E-state index in [1.807, 2.05) is 48.5 Å². The Balaban J connectivity index is 1.78. The first-order valence-electron chi connectivity index (χ1n) is 11.2. The first-order chi connectivity index (χ1) is 15.5. The van der Waals surface area contributed by atoms with E-state index < -0.39 is 0 Å². The van der Waals surface area contributed by atoms with E-state index in [1.165, 1.54) is 0 Å². The Bertz CT molecular complexity index is 993. The molecule has 0 aliphatic rings. The minimum atomic E-state index is 0.0766. The molecule has 32 heavy (non-hydrogen) atoms. The van der Waals surface area contributed by atoms with Gasteiger partial charge in [0, 0.05) is 35.9 Å². The summed E-state index contributed by atoms with van der Waals surface area (Å²) in [5, 5.41) is 3.76. The molecule has 1 heterocycles. The van der Waals surface area contributed by atoms with Crippen LogP contribution in [0.15, 0.2) is 60.7 Å². The molecule has 0 unspecified atom stereocenters. The Hall–Kier alpha value is -2.76. The van der Waals surface area contributed by atoms with Crippen molar-refractivity contribution in [2.75, 3.05) is 33.3 Å². The Morgan fingerprint density at radius 3 is 2.31 bits per heavy atom. The summed E-state index contributed by atoms with van der Waals surface area (Å²) in [6, 6.07) is 20.0. The number of aromatic nitrogens is 1. The van der Waals surface area contributed by atoms with Gasteiger partial charge in [0.1, 0.15) is 5.75 Å². The number of halogens is 1. The number of ether oxygens (including phenoxy) is 1. The monoisotopic (exact) mass is 453 g/mol. The maximum Gasteiger partial charge on any atom is 0.220 e. The van der Waals surface area contributed by atoms with Gasteiger partial charge in [-0.3, -0.25) is 4.79 Å². The molecule has 0 spiro atoms. The lowest BCUT2D eigenvalue weighted by molar-refractivity contribution is -0.121. The smallest absolute Gasteiger partial charge is 0.220 e. The zero-order chi connectivity index (χ0) is 22.9. The average molecular weight is 454 g/mol. The van der Waals surface area contributed by atoms with E-state index >= 15 is 0 Å². The number of amides is 1. The largest absolute Gasteiger partial charge is 0.497 e. The van der Waals surface area contributed by atoms with Crippen LogP contribution in [0.1, 0.15) is 26.0 Å². The van der Waals surface area contributed by atoms with Crippen LogP contribution >= 0.6 is 11.6 Å². The molecule has 0 fully saturated rings. The summed E-state index contributed by atoms with van der Waals surface area (Å²) in [7, 11) is 1.66. The van der Waals surface area contributed by atoms with E-state index in [2.05, 4.69) is 40.8 Å². The van der Waals surface area contributed by atoms with E-state index in [9.17, 15) is 4.79 Å². The quantitative estimate of drug-likeness (QED) is 0.434. The predicted octanol–water partition coefficient (Wildman–Crippen LogP) is 5.20. The summed E-state index contributed by atoms with van der Waals surface area (Å²) in [5.74, 6) is 0.885. The number of nitrogens with one attached hydrogen (secondary N) is 1. The van der Waals surface area contributed by atoms with Crippen molar-refractivity contribution in [3.05, 3.63) is 71.4 Å². The molecule has 1 amide bonds. The first-order valence-corrected chi connectivity index (χ1v) is 11.5. The molecule has 0 saturated carbocycles. The molecule has 1 N–H and O–H groups in total. The van der Waals surface area contributed by atoms with Crippen LogP contribution in [0, 0.1) is 0 Å². The molecule has 0 aliphatic heterocycles. The lowest BCUT2D eigenvalue weighted by Gasteiger charge is -2.18. The maximum atomic E-state index is 12.5. The molecule has 2 aromatic carbocycles. The third kappa shape index (κ3) is 6.15. The number of nitrogens with zero attached hydrogens (tertiary/aromatic N) is 2. The second kappa shape index (κ2) is 11.7. The molecule has 1 aromatic heterocycles. The van der Waals surface area contributed by atoms with Crippen molar-refractivity contribution < 1.29 is 9.53 Å². The van der Waals surface area contributed by atoms with Gasteiger partial charge in [0.2, 0.25) is 5.91 Å². The van der Waals surface area contributed by atoms with Gasteiger partial charge in [-0.2, -0.15) is 0 Å². The van der Waals surface area contributed by atoms with Gasteiger partial charge < -0.3 is 19.5 Å². The van der Waals surface area contributed by atoms with Crippen LogP contribution in [0.5, 0.6) is 5.75 Å². The molecular formula is C26H32ClN3O2. The number of rotatable bonds is 11. The number of methoxy groups -OCH3 is 1. The van der Waals surface area contributed by atoms with Crippen molar-refractivity contribution in [2.24, 2.45) is 0 Å². The van der Waals surface area contributed by atoms with Gasteiger partial charge in [-0.15, -0.1) is 0 Å². The normalized spacial score (nSPS) is 11.0. The van der Waals surface area contributed by atoms with Crippen LogP contribution < -0.4 is 10.1 Å². The maximum absolute atomic E-state index is 12.5. The minimum absolute atomic E-state index is 0.0766. The van der Waals surface area contributed by atoms with E-state index in [4.69, 9.17) is 16.3 Å². The molecule has 3 aromatic rings. The van der Waals surface area contributed by atoms with Crippen molar-refractivity contribution >= 4 is 17.5 Å². The molecule has 6 heteroatoms. The fraction of sp³-hybridized carbons (Fsp3) is 0.346. The summed E-state index contributed by atoms with van der Waals surface area (Å²) in [6.45, 7) is 7.82. The fourth-order valence-electron chi connectivity index (χ4n) is 3.78. The third-order valence-electron chi connectivity index (χ3n) is 5.69.